The van der Waals surface area contributed by atoms with Gasteiger partial charge in [0.25, 0.3) is 0 Å². The van der Waals surface area contributed by atoms with Gasteiger partial charge in [-0.05, 0) is 31.0 Å². The van der Waals surface area contributed by atoms with E-state index in [1.807, 2.05) is 6.92 Å². The van der Waals surface area contributed by atoms with Gasteiger partial charge in [0.2, 0.25) is 10.0 Å². The Morgan fingerprint density at radius 2 is 2.06 bits per heavy atom. The summed E-state index contributed by atoms with van der Waals surface area (Å²) in [6.07, 6.45) is 0.677. The highest BCUT2D eigenvalue weighted by atomic mass is 35.5. The Morgan fingerprint density at radius 3 is 2.59 bits per heavy atom. The normalized spacial score (nSPS) is 11.8. The molecule has 0 atom stereocenters. The highest BCUT2D eigenvalue weighted by Gasteiger charge is 2.19. The van der Waals surface area contributed by atoms with Gasteiger partial charge in [0.15, 0.2) is 0 Å². The molecule has 6 heteroatoms. The average molecular weight is 280 g/mol. The van der Waals surface area contributed by atoms with E-state index in [9.17, 15) is 12.8 Å². The largest absolute Gasteiger partial charge is 0.240 e. The highest BCUT2D eigenvalue weighted by Crippen LogP contribution is 2.21. The van der Waals surface area contributed by atoms with Crippen LogP contribution in [0.2, 0.25) is 0 Å². The number of alkyl halides is 1. The summed E-state index contributed by atoms with van der Waals surface area (Å²) >= 11 is 5.60. The predicted molar refractivity (Wildman–Crippen MR) is 66.2 cm³/mol. The molecule has 0 radical (unpaired) electrons. The van der Waals surface area contributed by atoms with E-state index in [4.69, 9.17) is 11.6 Å². The van der Waals surface area contributed by atoms with Crippen LogP contribution in [0.3, 0.4) is 0 Å². The second-order valence-corrected chi connectivity index (χ2v) is 5.73. The lowest BCUT2D eigenvalue weighted by molar-refractivity contribution is 0.573. The maximum absolute atomic E-state index is 13.5. The fourth-order valence-corrected chi connectivity index (χ4v) is 2.97. The van der Waals surface area contributed by atoms with Crippen molar-refractivity contribution in [2.24, 2.45) is 0 Å². The molecule has 0 aromatic heterocycles. The quantitative estimate of drug-likeness (QED) is 0.842. The molecular weight excluding hydrogens is 265 g/mol. The van der Waals surface area contributed by atoms with E-state index in [-0.39, 0.29) is 16.3 Å². The van der Waals surface area contributed by atoms with Gasteiger partial charge in [-0.3, -0.25) is 0 Å². The maximum atomic E-state index is 13.5. The summed E-state index contributed by atoms with van der Waals surface area (Å²) < 4.78 is 39.8. The molecule has 0 heterocycles. The standard InChI is InChI=1S/C11H15ClFNO2S/c1-3-4-14-17(15,16)11-6-9(7-12)5-10(13)8(11)2/h5-6,14H,3-4,7H2,1-2H3. The van der Waals surface area contributed by atoms with Crippen molar-refractivity contribution >= 4 is 21.6 Å². The summed E-state index contributed by atoms with van der Waals surface area (Å²) in [6.45, 7) is 3.62. The zero-order chi connectivity index (χ0) is 13.1. The van der Waals surface area contributed by atoms with Crippen LogP contribution in [0, 0.1) is 12.7 Å². The van der Waals surface area contributed by atoms with Gasteiger partial charge in [-0.2, -0.15) is 0 Å². The Balaban J connectivity index is 3.25. The first-order chi connectivity index (χ1) is 7.92. The third-order valence-corrected chi connectivity index (χ3v) is 4.24. The summed E-state index contributed by atoms with van der Waals surface area (Å²) in [7, 11) is -3.66. The molecule has 1 aromatic rings. The van der Waals surface area contributed by atoms with Crippen LogP contribution >= 0.6 is 11.6 Å². The van der Waals surface area contributed by atoms with Crippen molar-refractivity contribution in [1.29, 1.82) is 0 Å². The van der Waals surface area contributed by atoms with Crippen molar-refractivity contribution in [3.63, 3.8) is 0 Å². The van der Waals surface area contributed by atoms with Gasteiger partial charge in [-0.15, -0.1) is 11.6 Å². The summed E-state index contributed by atoms with van der Waals surface area (Å²) in [5, 5.41) is 0. The van der Waals surface area contributed by atoms with E-state index in [1.165, 1.54) is 19.1 Å². The molecule has 3 nitrogen and oxygen atoms in total. The minimum Gasteiger partial charge on any atom is -0.211 e. The first kappa shape index (κ1) is 14.4. The van der Waals surface area contributed by atoms with Crippen LogP contribution in [0.15, 0.2) is 17.0 Å². The summed E-state index contributed by atoms with van der Waals surface area (Å²) in [6, 6.07) is 2.66. The topological polar surface area (TPSA) is 46.2 Å². The second-order valence-electron chi connectivity index (χ2n) is 3.73. The van der Waals surface area contributed by atoms with Crippen LogP contribution in [-0.4, -0.2) is 15.0 Å². The molecule has 0 saturated carbocycles. The van der Waals surface area contributed by atoms with E-state index >= 15 is 0 Å². The fraction of sp³-hybridized carbons (Fsp3) is 0.455. The molecule has 0 aliphatic carbocycles. The minimum atomic E-state index is -3.66. The molecule has 0 aliphatic rings. The molecule has 0 spiro atoms. The summed E-state index contributed by atoms with van der Waals surface area (Å²) in [4.78, 5) is -0.0402. The molecule has 17 heavy (non-hydrogen) atoms. The zero-order valence-corrected chi connectivity index (χ0v) is 11.3. The van der Waals surface area contributed by atoms with E-state index in [1.54, 1.807) is 0 Å². The number of sulfonamides is 1. The Bertz CT molecular complexity index is 502. The predicted octanol–water partition coefficient (Wildman–Crippen LogP) is 2.56. The van der Waals surface area contributed by atoms with Crippen molar-refractivity contribution in [3.8, 4) is 0 Å². The third-order valence-electron chi connectivity index (χ3n) is 2.34. The van der Waals surface area contributed by atoms with Crippen molar-refractivity contribution in [1.82, 2.24) is 4.72 Å². The third kappa shape index (κ3) is 3.40. The molecule has 0 fully saturated rings. The summed E-state index contributed by atoms with van der Waals surface area (Å²) in [5.41, 5.74) is 0.564. The number of rotatable bonds is 5. The maximum Gasteiger partial charge on any atom is 0.240 e. The fourth-order valence-electron chi connectivity index (χ4n) is 1.38. The van der Waals surface area contributed by atoms with Gasteiger partial charge in [0.1, 0.15) is 5.82 Å². The van der Waals surface area contributed by atoms with Crippen molar-refractivity contribution in [2.75, 3.05) is 6.54 Å². The number of hydrogen-bond donors (Lipinski definition) is 1. The average Bonchev–Trinajstić information content (AvgIpc) is 2.29. The van der Waals surface area contributed by atoms with Crippen LogP contribution in [0.4, 0.5) is 4.39 Å². The van der Waals surface area contributed by atoms with Crippen LogP contribution < -0.4 is 4.72 Å². The Morgan fingerprint density at radius 1 is 1.41 bits per heavy atom. The van der Waals surface area contributed by atoms with E-state index < -0.39 is 15.8 Å². The van der Waals surface area contributed by atoms with Crippen LogP contribution in [-0.2, 0) is 15.9 Å². The molecule has 96 valence electrons. The molecule has 0 unspecified atom stereocenters. The molecular formula is C11H15ClFNO2S. The lowest BCUT2D eigenvalue weighted by atomic mass is 10.1. The lowest BCUT2D eigenvalue weighted by Gasteiger charge is -2.10. The number of benzene rings is 1. The molecule has 1 rings (SSSR count). The van der Waals surface area contributed by atoms with Gasteiger partial charge in [-0.25, -0.2) is 17.5 Å². The highest BCUT2D eigenvalue weighted by molar-refractivity contribution is 7.89. The van der Waals surface area contributed by atoms with E-state index in [2.05, 4.69) is 4.72 Å². The number of hydrogen-bond acceptors (Lipinski definition) is 2. The summed E-state index contributed by atoms with van der Waals surface area (Å²) in [5.74, 6) is -0.479. The van der Waals surface area contributed by atoms with E-state index in [0.29, 0.717) is 18.5 Å². The van der Waals surface area contributed by atoms with Gasteiger partial charge in [0, 0.05) is 18.0 Å². The first-order valence-corrected chi connectivity index (χ1v) is 7.28. The van der Waals surface area contributed by atoms with Crippen molar-refractivity contribution in [2.45, 2.75) is 31.0 Å². The van der Waals surface area contributed by atoms with Crippen molar-refractivity contribution < 1.29 is 12.8 Å². The van der Waals surface area contributed by atoms with Gasteiger partial charge in [0.05, 0.1) is 4.90 Å². The van der Waals surface area contributed by atoms with Crippen LogP contribution in [0.25, 0.3) is 0 Å². The first-order valence-electron chi connectivity index (χ1n) is 5.27. The van der Waals surface area contributed by atoms with Gasteiger partial charge >= 0.3 is 0 Å². The van der Waals surface area contributed by atoms with Gasteiger partial charge < -0.3 is 0 Å². The van der Waals surface area contributed by atoms with Crippen molar-refractivity contribution in [3.05, 3.63) is 29.1 Å². The Hall–Kier alpha value is -0.650. The molecule has 0 aliphatic heterocycles. The van der Waals surface area contributed by atoms with Crippen LogP contribution in [0.1, 0.15) is 24.5 Å². The van der Waals surface area contributed by atoms with Crippen LogP contribution in [0.5, 0.6) is 0 Å². The monoisotopic (exact) mass is 279 g/mol. The zero-order valence-electron chi connectivity index (χ0n) is 9.76. The minimum absolute atomic E-state index is 0.0402. The Labute approximate surface area is 106 Å². The molecule has 1 N–H and O–H groups in total. The smallest absolute Gasteiger partial charge is 0.211 e. The molecule has 1 aromatic carbocycles. The molecule has 0 amide bonds. The second kappa shape index (κ2) is 5.80. The molecule has 0 bridgehead atoms. The number of nitrogens with one attached hydrogen (secondary N) is 1. The van der Waals surface area contributed by atoms with Gasteiger partial charge in [-0.1, -0.05) is 6.92 Å². The molecule has 0 saturated heterocycles. The Kier molecular flexibility index (Phi) is 4.91. The van der Waals surface area contributed by atoms with E-state index in [0.717, 1.165) is 0 Å². The SMILES string of the molecule is CCCNS(=O)(=O)c1cc(CCl)cc(F)c1C. The number of halogens is 2. The lowest BCUT2D eigenvalue weighted by Crippen LogP contribution is -2.25.